The molecule has 1 aromatic rings. The van der Waals surface area contributed by atoms with Gasteiger partial charge in [0.25, 0.3) is 10.2 Å². The molecule has 0 atom stereocenters. The molecule has 19 heavy (non-hydrogen) atoms. The smallest absolute Gasteiger partial charge is 0.358 e. The van der Waals surface area contributed by atoms with Gasteiger partial charge in [-0.2, -0.15) is 13.1 Å². The van der Waals surface area contributed by atoms with Crippen LogP contribution in [0.4, 0.5) is 0 Å². The summed E-state index contributed by atoms with van der Waals surface area (Å²) in [6.07, 6.45) is 1.22. The molecule has 10 nitrogen and oxygen atoms in total. The second-order valence-corrected chi connectivity index (χ2v) is 5.04. The number of rotatable bonds is 9. The minimum absolute atomic E-state index is 0.0603. The van der Waals surface area contributed by atoms with E-state index in [4.69, 9.17) is 9.84 Å². The first-order chi connectivity index (χ1) is 8.94. The Balaban J connectivity index is 2.34. The molecule has 0 amide bonds. The number of carboxylic acids is 1. The minimum Gasteiger partial charge on any atom is -0.476 e. The number of aromatic nitrogens is 3. The van der Waals surface area contributed by atoms with E-state index >= 15 is 0 Å². The Labute approximate surface area is 109 Å². The van der Waals surface area contributed by atoms with Crippen LogP contribution in [-0.4, -0.2) is 61.3 Å². The largest absolute Gasteiger partial charge is 0.476 e. The summed E-state index contributed by atoms with van der Waals surface area (Å²) in [4.78, 5) is 10.5. The van der Waals surface area contributed by atoms with Crippen LogP contribution >= 0.6 is 0 Å². The second-order valence-electron chi connectivity index (χ2n) is 3.46. The molecule has 0 radical (unpaired) electrons. The Bertz CT molecular complexity index is 513. The van der Waals surface area contributed by atoms with Crippen molar-refractivity contribution >= 4 is 16.2 Å². The van der Waals surface area contributed by atoms with Gasteiger partial charge in [0.15, 0.2) is 5.69 Å². The van der Waals surface area contributed by atoms with E-state index < -0.39 is 16.2 Å². The number of carbonyl (C=O) groups is 1. The molecule has 1 heterocycles. The third-order valence-electron chi connectivity index (χ3n) is 1.99. The zero-order valence-electron chi connectivity index (χ0n) is 10.2. The highest BCUT2D eigenvalue weighted by Crippen LogP contribution is 1.92. The Kier molecular flexibility index (Phi) is 5.82. The number of nitrogens with zero attached hydrogens (tertiary/aromatic N) is 3. The Morgan fingerprint density at radius 2 is 2.16 bits per heavy atom. The van der Waals surface area contributed by atoms with Gasteiger partial charge >= 0.3 is 5.97 Å². The number of hydrogen-bond donors (Lipinski definition) is 3. The standard InChI is InChI=1S/C8H15N5O5S/c1-18-5-3-10-19(16,17)9-2-4-13-6-7(8(14)15)11-12-13/h6,9-10H,2-5H2,1H3,(H,14,15). The maximum Gasteiger partial charge on any atom is 0.358 e. The molecule has 0 bridgehead atoms. The highest BCUT2D eigenvalue weighted by molar-refractivity contribution is 7.87. The van der Waals surface area contributed by atoms with E-state index in [1.807, 2.05) is 0 Å². The highest BCUT2D eigenvalue weighted by atomic mass is 32.2. The average Bonchev–Trinajstić information content (AvgIpc) is 2.78. The number of carboxylic acid groups (broad SMARTS) is 1. The summed E-state index contributed by atoms with van der Waals surface area (Å²) in [7, 11) is -2.13. The van der Waals surface area contributed by atoms with Crippen molar-refractivity contribution in [3.8, 4) is 0 Å². The lowest BCUT2D eigenvalue weighted by atomic mass is 10.5. The van der Waals surface area contributed by atoms with Gasteiger partial charge in [-0.25, -0.2) is 9.52 Å². The molecule has 0 aliphatic rings. The summed E-state index contributed by atoms with van der Waals surface area (Å²) in [6.45, 7) is 0.667. The van der Waals surface area contributed by atoms with Crippen LogP contribution in [0.3, 0.4) is 0 Å². The zero-order chi connectivity index (χ0) is 14.3. The van der Waals surface area contributed by atoms with Gasteiger partial charge < -0.3 is 9.84 Å². The topological polar surface area (TPSA) is 135 Å². The van der Waals surface area contributed by atoms with Crippen LogP contribution in [0.25, 0.3) is 0 Å². The molecule has 0 aliphatic heterocycles. The normalized spacial score (nSPS) is 11.6. The summed E-state index contributed by atoms with van der Waals surface area (Å²) in [5.74, 6) is -1.19. The van der Waals surface area contributed by atoms with Crippen molar-refractivity contribution in [2.24, 2.45) is 0 Å². The molecule has 0 aliphatic carbocycles. The molecule has 0 aromatic carbocycles. The van der Waals surface area contributed by atoms with E-state index in [2.05, 4.69) is 19.8 Å². The third-order valence-corrected chi connectivity index (χ3v) is 3.16. The Morgan fingerprint density at radius 1 is 1.47 bits per heavy atom. The van der Waals surface area contributed by atoms with Crippen LogP contribution in [0.5, 0.6) is 0 Å². The Hall–Kier alpha value is -1.56. The zero-order valence-corrected chi connectivity index (χ0v) is 11.1. The third kappa shape index (κ3) is 5.74. The predicted molar refractivity (Wildman–Crippen MR) is 63.8 cm³/mol. The van der Waals surface area contributed by atoms with Gasteiger partial charge in [0.2, 0.25) is 0 Å². The van der Waals surface area contributed by atoms with Crippen LogP contribution in [0.2, 0.25) is 0 Å². The highest BCUT2D eigenvalue weighted by Gasteiger charge is 2.10. The number of ether oxygens (including phenoxy) is 1. The molecule has 0 fully saturated rings. The molecule has 0 spiro atoms. The van der Waals surface area contributed by atoms with Crippen molar-refractivity contribution in [3.05, 3.63) is 11.9 Å². The number of hydrogen-bond acceptors (Lipinski definition) is 6. The molecular weight excluding hydrogens is 278 g/mol. The fourth-order valence-electron chi connectivity index (χ4n) is 1.13. The number of methoxy groups -OCH3 is 1. The molecule has 1 rings (SSSR count). The minimum atomic E-state index is -3.59. The Morgan fingerprint density at radius 3 is 2.74 bits per heavy atom. The summed E-state index contributed by atoms with van der Waals surface area (Å²) in [5.41, 5.74) is -0.193. The van der Waals surface area contributed by atoms with E-state index in [0.717, 1.165) is 0 Å². The van der Waals surface area contributed by atoms with Gasteiger partial charge in [-0.15, -0.1) is 5.10 Å². The van der Waals surface area contributed by atoms with E-state index in [1.165, 1.54) is 18.0 Å². The SMILES string of the molecule is COCCNS(=O)(=O)NCCn1cc(C(=O)O)nn1. The lowest BCUT2D eigenvalue weighted by Crippen LogP contribution is -2.39. The van der Waals surface area contributed by atoms with Gasteiger partial charge in [-0.05, 0) is 0 Å². The molecular formula is C8H15N5O5S. The van der Waals surface area contributed by atoms with Crippen LogP contribution in [0.15, 0.2) is 6.20 Å². The second kappa shape index (κ2) is 7.13. The van der Waals surface area contributed by atoms with E-state index in [-0.39, 0.29) is 31.9 Å². The van der Waals surface area contributed by atoms with Gasteiger partial charge in [-0.1, -0.05) is 5.21 Å². The maximum atomic E-state index is 11.4. The first-order valence-electron chi connectivity index (χ1n) is 5.31. The van der Waals surface area contributed by atoms with Crippen LogP contribution in [0, 0.1) is 0 Å². The van der Waals surface area contributed by atoms with E-state index in [1.54, 1.807) is 0 Å². The molecule has 1 aromatic heterocycles. The van der Waals surface area contributed by atoms with Crippen LogP contribution in [0.1, 0.15) is 10.5 Å². The van der Waals surface area contributed by atoms with Gasteiger partial charge in [-0.3, -0.25) is 4.68 Å². The average molecular weight is 293 g/mol. The van der Waals surface area contributed by atoms with Gasteiger partial charge in [0.1, 0.15) is 0 Å². The van der Waals surface area contributed by atoms with Crippen molar-refractivity contribution in [3.63, 3.8) is 0 Å². The van der Waals surface area contributed by atoms with Crippen molar-refractivity contribution in [2.75, 3.05) is 26.8 Å². The molecule has 0 unspecified atom stereocenters. The summed E-state index contributed by atoms with van der Waals surface area (Å²) in [5, 5.41) is 15.6. The summed E-state index contributed by atoms with van der Waals surface area (Å²) < 4.78 is 33.3. The van der Waals surface area contributed by atoms with Crippen molar-refractivity contribution in [1.82, 2.24) is 24.4 Å². The number of aromatic carboxylic acids is 1. The number of nitrogens with one attached hydrogen (secondary N) is 2. The van der Waals surface area contributed by atoms with Crippen molar-refractivity contribution in [2.45, 2.75) is 6.54 Å². The fourth-order valence-corrected chi connectivity index (χ4v) is 1.94. The summed E-state index contributed by atoms with van der Waals surface area (Å²) >= 11 is 0. The van der Waals surface area contributed by atoms with Crippen LogP contribution < -0.4 is 9.44 Å². The van der Waals surface area contributed by atoms with E-state index in [9.17, 15) is 13.2 Å². The molecule has 3 N–H and O–H groups in total. The van der Waals surface area contributed by atoms with Crippen LogP contribution in [-0.2, 0) is 21.5 Å². The first-order valence-corrected chi connectivity index (χ1v) is 6.79. The maximum absolute atomic E-state index is 11.4. The predicted octanol–water partition coefficient (Wildman–Crippen LogP) is -1.95. The molecule has 108 valence electrons. The summed E-state index contributed by atoms with van der Waals surface area (Å²) in [6, 6.07) is 0. The quantitative estimate of drug-likeness (QED) is 0.450. The molecule has 11 heteroatoms. The lowest BCUT2D eigenvalue weighted by Gasteiger charge is -2.07. The first kappa shape index (κ1) is 15.5. The van der Waals surface area contributed by atoms with Crippen molar-refractivity contribution in [1.29, 1.82) is 0 Å². The van der Waals surface area contributed by atoms with Crippen molar-refractivity contribution < 1.29 is 23.1 Å². The molecule has 0 saturated heterocycles. The monoisotopic (exact) mass is 293 g/mol. The fraction of sp³-hybridized carbons (Fsp3) is 0.625. The van der Waals surface area contributed by atoms with Gasteiger partial charge in [0, 0.05) is 20.2 Å². The molecule has 0 saturated carbocycles. The lowest BCUT2D eigenvalue weighted by molar-refractivity contribution is 0.0690. The van der Waals surface area contributed by atoms with E-state index in [0.29, 0.717) is 0 Å². The van der Waals surface area contributed by atoms with Gasteiger partial charge in [0.05, 0.1) is 19.3 Å².